The van der Waals surface area contributed by atoms with Gasteiger partial charge in [0.25, 0.3) is 11.8 Å². The van der Waals surface area contributed by atoms with E-state index in [1.54, 1.807) is 97.1 Å². The number of anilines is 8. The highest BCUT2D eigenvalue weighted by Gasteiger charge is 2.32. The molecule has 0 radical (unpaired) electrons. The van der Waals surface area contributed by atoms with Crippen molar-refractivity contribution < 1.29 is 29.4 Å². The highest BCUT2D eigenvalue weighted by Crippen LogP contribution is 2.33. The summed E-state index contributed by atoms with van der Waals surface area (Å²) in [6.07, 6.45) is 0. The van der Waals surface area contributed by atoms with E-state index >= 15 is 0 Å². The van der Waals surface area contributed by atoms with E-state index in [2.05, 4.69) is 0 Å². The minimum atomic E-state index is -1.56. The standard InChI is InChI=1S/C34H28N6O6/c35-19-1-9-23(10-2-19)39(24-11-3-20(36)4-12-24)31(41)27-17-30(34(45)46)28(18-29(27)33(43)44)32(42)40(25-13-5-21(37)6-14-25)26-15-7-22(38)8-16-26/h1-18H,35-38H2,(H,43,44)(H,45,46). The predicted molar refractivity (Wildman–Crippen MR) is 177 cm³/mol. The Morgan fingerprint density at radius 1 is 0.391 bits per heavy atom. The van der Waals surface area contributed by atoms with Crippen molar-refractivity contribution in [1.29, 1.82) is 0 Å². The largest absolute Gasteiger partial charge is 0.478 e. The average Bonchev–Trinajstić information content (AvgIpc) is 3.04. The van der Waals surface area contributed by atoms with E-state index in [9.17, 15) is 29.4 Å². The summed E-state index contributed by atoms with van der Waals surface area (Å²) >= 11 is 0. The van der Waals surface area contributed by atoms with Crippen molar-refractivity contribution in [1.82, 2.24) is 0 Å². The van der Waals surface area contributed by atoms with Crippen LogP contribution in [0, 0.1) is 0 Å². The second-order valence-electron chi connectivity index (χ2n) is 10.2. The van der Waals surface area contributed by atoms with Crippen molar-refractivity contribution in [3.05, 3.63) is 131 Å². The molecule has 0 fully saturated rings. The Hall–Kier alpha value is -6.82. The summed E-state index contributed by atoms with van der Waals surface area (Å²) < 4.78 is 0. The maximum absolute atomic E-state index is 14.2. The number of carboxylic acid groups (broad SMARTS) is 2. The van der Waals surface area contributed by atoms with E-state index in [0.29, 0.717) is 45.5 Å². The number of amides is 2. The summed E-state index contributed by atoms with van der Waals surface area (Å²) in [5.41, 5.74) is 24.2. The van der Waals surface area contributed by atoms with Gasteiger partial charge in [-0.15, -0.1) is 0 Å². The number of carboxylic acids is 2. The molecule has 230 valence electrons. The first-order valence-electron chi connectivity index (χ1n) is 13.7. The molecule has 0 unspecified atom stereocenters. The van der Waals surface area contributed by atoms with Crippen LogP contribution in [0.4, 0.5) is 45.5 Å². The Labute approximate surface area is 262 Å². The third-order valence-electron chi connectivity index (χ3n) is 7.09. The van der Waals surface area contributed by atoms with Gasteiger partial charge in [-0.1, -0.05) is 0 Å². The monoisotopic (exact) mass is 616 g/mol. The van der Waals surface area contributed by atoms with Gasteiger partial charge in [-0.3, -0.25) is 19.4 Å². The van der Waals surface area contributed by atoms with Crippen LogP contribution in [0.5, 0.6) is 0 Å². The van der Waals surface area contributed by atoms with Gasteiger partial charge < -0.3 is 33.1 Å². The van der Waals surface area contributed by atoms with Crippen LogP contribution in [0.3, 0.4) is 0 Å². The zero-order valence-electron chi connectivity index (χ0n) is 24.1. The number of rotatable bonds is 8. The van der Waals surface area contributed by atoms with Crippen molar-refractivity contribution in [2.24, 2.45) is 0 Å². The molecule has 12 nitrogen and oxygen atoms in total. The van der Waals surface area contributed by atoms with Crippen LogP contribution < -0.4 is 32.7 Å². The van der Waals surface area contributed by atoms with Crippen LogP contribution in [0.15, 0.2) is 109 Å². The molecule has 46 heavy (non-hydrogen) atoms. The number of hydrogen-bond donors (Lipinski definition) is 6. The van der Waals surface area contributed by atoms with Gasteiger partial charge in [0.05, 0.1) is 22.3 Å². The second kappa shape index (κ2) is 12.4. The van der Waals surface area contributed by atoms with Gasteiger partial charge in [0.1, 0.15) is 0 Å². The molecule has 2 amide bonds. The number of hydrogen-bond acceptors (Lipinski definition) is 8. The van der Waals surface area contributed by atoms with Crippen molar-refractivity contribution in [2.75, 3.05) is 32.7 Å². The number of benzene rings is 5. The number of carbonyl (C=O) groups is 4. The van der Waals surface area contributed by atoms with E-state index in [1.165, 1.54) is 9.80 Å². The Bertz CT molecular complexity index is 1720. The maximum atomic E-state index is 14.2. The molecule has 12 heteroatoms. The highest BCUT2D eigenvalue weighted by atomic mass is 16.4. The first kappa shape index (κ1) is 30.6. The fourth-order valence-corrected chi connectivity index (χ4v) is 4.81. The lowest BCUT2D eigenvalue weighted by Gasteiger charge is -2.26. The molecule has 0 saturated heterocycles. The van der Waals surface area contributed by atoms with Crippen molar-refractivity contribution >= 4 is 69.3 Å². The smallest absolute Gasteiger partial charge is 0.336 e. The SMILES string of the molecule is Nc1ccc(N(C(=O)c2cc(C(=O)O)c(C(=O)N(c3ccc(N)cc3)c3ccc(N)cc3)cc2C(=O)O)c2ccc(N)cc2)cc1. The fraction of sp³-hybridized carbons (Fsp3) is 0. The summed E-state index contributed by atoms with van der Waals surface area (Å²) in [5.74, 6) is -4.87. The Morgan fingerprint density at radius 2 is 0.609 bits per heavy atom. The summed E-state index contributed by atoms with van der Waals surface area (Å²) in [7, 11) is 0. The second-order valence-corrected chi connectivity index (χ2v) is 10.2. The maximum Gasteiger partial charge on any atom is 0.336 e. The van der Waals surface area contributed by atoms with E-state index in [0.717, 1.165) is 12.1 Å². The van der Waals surface area contributed by atoms with Crippen LogP contribution in [-0.2, 0) is 0 Å². The normalized spacial score (nSPS) is 10.6. The zero-order chi connectivity index (χ0) is 33.1. The molecule has 0 aliphatic carbocycles. The molecule has 5 aromatic carbocycles. The van der Waals surface area contributed by atoms with Crippen molar-refractivity contribution in [2.45, 2.75) is 0 Å². The van der Waals surface area contributed by atoms with Crippen molar-refractivity contribution in [3.8, 4) is 0 Å². The minimum Gasteiger partial charge on any atom is -0.478 e. The highest BCUT2D eigenvalue weighted by molar-refractivity contribution is 6.20. The number of nitrogen functional groups attached to an aromatic ring is 4. The predicted octanol–water partition coefficient (Wildman–Crippen LogP) is 5.37. The number of aromatic carboxylic acids is 2. The van der Waals surface area contributed by atoms with E-state index < -0.39 is 46.0 Å². The van der Waals surface area contributed by atoms with Gasteiger partial charge in [0.15, 0.2) is 0 Å². The molecular weight excluding hydrogens is 588 g/mol. The molecule has 0 heterocycles. The molecule has 0 saturated carbocycles. The summed E-state index contributed by atoms with van der Waals surface area (Å²) in [6.45, 7) is 0. The molecule has 10 N–H and O–H groups in total. The van der Waals surface area contributed by atoms with Crippen LogP contribution >= 0.6 is 0 Å². The van der Waals surface area contributed by atoms with Gasteiger partial charge in [-0.05, 0) is 109 Å². The molecule has 0 spiro atoms. The van der Waals surface area contributed by atoms with Gasteiger partial charge >= 0.3 is 11.9 Å². The molecule has 5 rings (SSSR count). The minimum absolute atomic E-state index is 0.315. The lowest BCUT2D eigenvalue weighted by Crippen LogP contribution is -2.31. The molecule has 0 aromatic heterocycles. The van der Waals surface area contributed by atoms with Crippen LogP contribution in [0.25, 0.3) is 0 Å². The quantitative estimate of drug-likeness (QED) is 0.122. The Balaban J connectivity index is 1.70. The van der Waals surface area contributed by atoms with Crippen LogP contribution in [-0.4, -0.2) is 34.0 Å². The first-order chi connectivity index (χ1) is 21.9. The topological polar surface area (TPSA) is 219 Å². The molecule has 0 atom stereocenters. The van der Waals surface area contributed by atoms with Crippen LogP contribution in [0.2, 0.25) is 0 Å². The van der Waals surface area contributed by atoms with Crippen LogP contribution in [0.1, 0.15) is 41.4 Å². The van der Waals surface area contributed by atoms with Gasteiger partial charge in [0, 0.05) is 45.5 Å². The molecule has 0 aliphatic rings. The third-order valence-corrected chi connectivity index (χ3v) is 7.09. The van der Waals surface area contributed by atoms with E-state index in [1.807, 2.05) is 0 Å². The summed E-state index contributed by atoms with van der Waals surface area (Å²) in [4.78, 5) is 56.1. The first-order valence-corrected chi connectivity index (χ1v) is 13.7. The number of nitrogens with zero attached hydrogens (tertiary/aromatic N) is 2. The molecular formula is C34H28N6O6. The molecule has 0 bridgehead atoms. The summed E-state index contributed by atoms with van der Waals surface area (Å²) in [6, 6.07) is 26.6. The van der Waals surface area contributed by atoms with Gasteiger partial charge in [-0.2, -0.15) is 0 Å². The van der Waals surface area contributed by atoms with Gasteiger partial charge in [-0.25, -0.2) is 9.59 Å². The lowest BCUT2D eigenvalue weighted by molar-refractivity contribution is 0.0676. The third kappa shape index (κ3) is 6.12. The van der Waals surface area contributed by atoms with Gasteiger partial charge in [0.2, 0.25) is 0 Å². The van der Waals surface area contributed by atoms with E-state index in [-0.39, 0.29) is 0 Å². The summed E-state index contributed by atoms with van der Waals surface area (Å²) in [5, 5.41) is 20.6. The number of nitrogens with two attached hydrogens (primary N) is 4. The Morgan fingerprint density at radius 3 is 0.804 bits per heavy atom. The fourth-order valence-electron chi connectivity index (χ4n) is 4.81. The number of carbonyl (C=O) groups excluding carboxylic acids is 2. The van der Waals surface area contributed by atoms with E-state index in [4.69, 9.17) is 22.9 Å². The Kier molecular flexibility index (Phi) is 8.27. The van der Waals surface area contributed by atoms with Crippen molar-refractivity contribution in [3.63, 3.8) is 0 Å². The lowest BCUT2D eigenvalue weighted by atomic mass is 9.95. The molecule has 0 aliphatic heterocycles. The average molecular weight is 617 g/mol. The zero-order valence-corrected chi connectivity index (χ0v) is 24.1. The molecule has 5 aromatic rings.